The van der Waals surface area contributed by atoms with Crippen LogP contribution in [0.1, 0.15) is 0 Å². The Morgan fingerprint density at radius 2 is 1.24 bits per heavy atom. The largest absolute Gasteiger partial charge is 0.396 e. The van der Waals surface area contributed by atoms with Crippen LogP contribution in [0, 0.1) is 5.41 Å². The fourth-order valence-corrected chi connectivity index (χ4v) is 0.694. The molecule has 0 aliphatic carbocycles. The fourth-order valence-electron chi connectivity index (χ4n) is 0.344. The molecule has 0 atom stereocenters. The van der Waals surface area contributed by atoms with Crippen LogP contribution in [0.3, 0.4) is 0 Å². The van der Waals surface area contributed by atoms with E-state index in [4.69, 9.17) is 55.2 Å². The van der Waals surface area contributed by atoms with Crippen LogP contribution in [-0.4, -0.2) is 56.6 Å². The maximum atomic E-state index is 10.1. The molecule has 0 fully saturated rings. The Hall–Kier alpha value is 0.470. The number of hydrogen-bond donors (Lipinski definition) is 4. The van der Waals surface area contributed by atoms with Crippen molar-refractivity contribution in [3.63, 3.8) is 0 Å². The van der Waals surface area contributed by atoms with Gasteiger partial charge in [0.05, 0.1) is 31.8 Å². The van der Waals surface area contributed by atoms with Crippen molar-refractivity contribution in [2.45, 2.75) is 3.79 Å². The van der Waals surface area contributed by atoms with Crippen LogP contribution < -0.4 is 0 Å². The lowest BCUT2D eigenvalue weighted by atomic mass is 9.93. The third-order valence-electron chi connectivity index (χ3n) is 1.64. The number of rotatable bonds is 4. The number of carbonyl (C=O) groups is 1. The molecule has 0 radical (unpaired) electrons. The first-order valence-electron chi connectivity index (χ1n) is 4.06. The lowest BCUT2D eigenvalue weighted by molar-refractivity contribution is -0.132. The highest BCUT2D eigenvalue weighted by Crippen LogP contribution is 2.27. The van der Waals surface area contributed by atoms with Gasteiger partial charge in [0.15, 0.2) is 0 Å². The second-order valence-electron chi connectivity index (χ2n) is 2.99. The van der Waals surface area contributed by atoms with Crippen LogP contribution in [0.15, 0.2) is 0 Å². The number of aliphatic hydroxyl groups excluding tert-OH is 4. The van der Waals surface area contributed by atoms with Gasteiger partial charge in [-0.1, -0.05) is 34.8 Å². The highest BCUT2D eigenvalue weighted by molar-refractivity contribution is 6.76. The highest BCUT2D eigenvalue weighted by Gasteiger charge is 2.32. The third kappa shape index (κ3) is 8.23. The van der Waals surface area contributed by atoms with Crippen molar-refractivity contribution in [2.24, 2.45) is 5.41 Å². The van der Waals surface area contributed by atoms with Gasteiger partial charge in [0.2, 0.25) is 0 Å². The van der Waals surface area contributed by atoms with Gasteiger partial charge < -0.3 is 24.7 Å². The molecule has 6 nitrogen and oxygen atoms in total. The van der Waals surface area contributed by atoms with E-state index >= 15 is 0 Å². The molecule has 4 N–H and O–H groups in total. The molecule has 0 saturated heterocycles. The van der Waals surface area contributed by atoms with E-state index in [1.54, 1.807) is 0 Å². The van der Waals surface area contributed by atoms with Crippen LogP contribution in [-0.2, 0) is 9.08 Å². The van der Waals surface area contributed by atoms with Crippen LogP contribution in [0.4, 0.5) is 0 Å². The normalized spacial score (nSPS) is 11.5. The van der Waals surface area contributed by atoms with Crippen LogP contribution in [0.5, 0.6) is 0 Å². The van der Waals surface area contributed by atoms with Crippen LogP contribution in [0.25, 0.3) is 0 Å². The zero-order valence-electron chi connectivity index (χ0n) is 8.45. The van der Waals surface area contributed by atoms with E-state index in [0.717, 1.165) is 0 Å². The molecule has 0 aliphatic rings. The minimum Gasteiger partial charge on any atom is -0.396 e. The average molecular weight is 334 g/mol. The Balaban J connectivity index is 0. The molecule has 0 amide bonds. The van der Waals surface area contributed by atoms with Crippen LogP contribution in [0.2, 0.25) is 0 Å². The third-order valence-corrected chi connectivity index (χ3v) is 2.25. The predicted molar refractivity (Wildman–Crippen MR) is 63.0 cm³/mol. The fraction of sp³-hybridized carbons (Fsp3) is 0.857. The number of aliphatic hydroxyl groups is 4. The van der Waals surface area contributed by atoms with Crippen molar-refractivity contribution >= 4 is 52.6 Å². The molecule has 104 valence electrons. The van der Waals surface area contributed by atoms with E-state index in [0.29, 0.717) is 0 Å². The Morgan fingerprint density at radius 3 is 1.24 bits per heavy atom. The summed E-state index contributed by atoms with van der Waals surface area (Å²) in [4.78, 5) is 10.1. The molecule has 0 heterocycles. The summed E-state index contributed by atoms with van der Waals surface area (Å²) in [6.45, 7) is -1.62. The average Bonchev–Trinajstić information content (AvgIpc) is 2.31. The van der Waals surface area contributed by atoms with Crippen LogP contribution >= 0.6 is 46.7 Å². The van der Waals surface area contributed by atoms with Gasteiger partial charge in [0.25, 0.3) is 3.79 Å². The Bertz CT molecular complexity index is 197. The van der Waals surface area contributed by atoms with Gasteiger partial charge in [-0.15, -0.1) is 0 Å². The maximum absolute atomic E-state index is 10.1. The minimum absolute atomic E-state index is 0.406. The van der Waals surface area contributed by atoms with E-state index in [9.17, 15) is 4.79 Å². The lowest BCUT2D eigenvalue weighted by Crippen LogP contribution is -2.37. The first-order valence-corrected chi connectivity index (χ1v) is 5.50. The molecule has 0 unspecified atom stereocenters. The summed E-state index contributed by atoms with van der Waals surface area (Å²) in [7, 11) is 0. The van der Waals surface area contributed by atoms with E-state index in [-0.39, 0.29) is 0 Å². The lowest BCUT2D eigenvalue weighted by Gasteiger charge is -2.23. The Kier molecular flexibility index (Phi) is 11.0. The molecular weight excluding hydrogens is 322 g/mol. The first-order chi connectivity index (χ1) is 7.72. The van der Waals surface area contributed by atoms with E-state index in [1.807, 2.05) is 0 Å². The first kappa shape index (κ1) is 19.8. The van der Waals surface area contributed by atoms with Crippen molar-refractivity contribution in [3.05, 3.63) is 0 Å². The van der Waals surface area contributed by atoms with Gasteiger partial charge in [0, 0.05) is 0 Å². The minimum atomic E-state index is -2.07. The smallest absolute Gasteiger partial charge is 0.376 e. The van der Waals surface area contributed by atoms with Crippen molar-refractivity contribution in [2.75, 3.05) is 26.4 Å². The van der Waals surface area contributed by atoms with Gasteiger partial charge in [-0.2, -0.15) is 0 Å². The van der Waals surface area contributed by atoms with E-state index in [2.05, 4.69) is 16.2 Å². The molecular formula is C7H12Cl4O6. The summed E-state index contributed by atoms with van der Waals surface area (Å²) in [5.74, 6) is -1.11. The molecule has 0 aromatic heterocycles. The Labute approximate surface area is 118 Å². The molecule has 0 spiro atoms. The number of alkyl halides is 3. The zero-order chi connectivity index (χ0) is 14.1. The van der Waals surface area contributed by atoms with E-state index < -0.39 is 41.6 Å². The summed E-state index contributed by atoms with van der Waals surface area (Å²) in [5, 5.41) is 34.0. The standard InChI is InChI=1S/C5H12O4.C2Cl4O2/c6-1-5(2-7,3-8)4-9;3-2(4,5)1(7)8-6/h6-9H,1-4H2;. The van der Waals surface area contributed by atoms with Gasteiger partial charge in [-0.25, -0.2) is 4.79 Å². The van der Waals surface area contributed by atoms with Gasteiger partial charge in [-0.3, -0.25) is 0 Å². The predicted octanol–water partition coefficient (Wildman–Crippen LogP) is -0.00440. The number of carbonyl (C=O) groups excluding carboxylic acids is 1. The van der Waals surface area contributed by atoms with Gasteiger partial charge in [-0.05, 0) is 0 Å². The Morgan fingerprint density at radius 1 is 0.941 bits per heavy atom. The highest BCUT2D eigenvalue weighted by atomic mass is 35.6. The summed E-state index contributed by atoms with van der Waals surface area (Å²) in [5.41, 5.74) is -1.11. The van der Waals surface area contributed by atoms with Crippen molar-refractivity contribution in [1.82, 2.24) is 0 Å². The molecule has 0 bridgehead atoms. The quantitative estimate of drug-likeness (QED) is 0.539. The number of halogens is 4. The van der Waals surface area contributed by atoms with Gasteiger partial charge >= 0.3 is 5.97 Å². The monoisotopic (exact) mass is 332 g/mol. The second kappa shape index (κ2) is 9.41. The summed E-state index contributed by atoms with van der Waals surface area (Å²) >= 11 is 19.4. The molecule has 0 aromatic rings. The molecule has 10 heteroatoms. The topological polar surface area (TPSA) is 107 Å². The SMILES string of the molecule is O=C(OCl)C(Cl)(Cl)Cl.OCC(CO)(CO)CO. The summed E-state index contributed by atoms with van der Waals surface area (Å²) in [6.07, 6.45) is 0. The second-order valence-corrected chi connectivity index (χ2v) is 5.43. The van der Waals surface area contributed by atoms with Crippen molar-refractivity contribution < 1.29 is 29.5 Å². The number of hydrogen-bond acceptors (Lipinski definition) is 6. The molecule has 0 rings (SSSR count). The maximum Gasteiger partial charge on any atom is 0.376 e. The zero-order valence-corrected chi connectivity index (χ0v) is 11.5. The molecule has 17 heavy (non-hydrogen) atoms. The summed E-state index contributed by atoms with van der Waals surface area (Å²) in [6, 6.07) is 0. The molecule has 0 saturated carbocycles. The van der Waals surface area contributed by atoms with Crippen molar-refractivity contribution in [1.29, 1.82) is 0 Å². The van der Waals surface area contributed by atoms with Gasteiger partial charge in [0.1, 0.15) is 11.9 Å². The van der Waals surface area contributed by atoms with Crippen molar-refractivity contribution in [3.8, 4) is 0 Å². The molecule has 0 aliphatic heterocycles. The summed E-state index contributed by atoms with van der Waals surface area (Å²) < 4.78 is 1.48. The van der Waals surface area contributed by atoms with E-state index in [1.165, 1.54) is 0 Å². The molecule has 0 aromatic carbocycles.